The van der Waals surface area contributed by atoms with Gasteiger partial charge in [0, 0.05) is 27.6 Å². The first-order valence-corrected chi connectivity index (χ1v) is 26.4. The summed E-state index contributed by atoms with van der Waals surface area (Å²) in [6.45, 7) is 8.89. The Kier molecular flexibility index (Phi) is 8.08. The number of rotatable bonds is 4. The molecule has 0 amide bonds. The standard InChI is InChI=1S/C65H54BN3O2/c1-36(2)44-16-13-17-45(37(3)4)62(44)40-24-25-51-55(31-40)66-63-54(65(51)52-18-7-11-22-60(52)71-61-23-12-8-19-53(61)65)32-43(67-56-20-9-5-14-46(56)47-15-6-10-21-57(47)67)33-59(63)68-58-35-49-42-29-38-26-39(30-42)28-41(27-38)48(49)34-50(58)64(70)69(66)68/h5-25,31-39,41-42H,26-30H2,1-4H3. The predicted octanol–water partition coefficient (Wildman–Crippen LogP) is 14.0. The number of ether oxygens (including phenoxy) is 1. The zero-order chi connectivity index (χ0) is 47.2. The van der Waals surface area contributed by atoms with Crippen LogP contribution in [0.2, 0.25) is 0 Å². The molecular weight excluding hydrogens is 866 g/mol. The molecule has 0 radical (unpaired) electrons. The Hall–Kier alpha value is -7.31. The molecule has 4 aliphatic carbocycles. The van der Waals surface area contributed by atoms with E-state index in [1.807, 2.05) is 0 Å². The summed E-state index contributed by atoms with van der Waals surface area (Å²) in [4.78, 5) is 16.1. The second-order valence-corrected chi connectivity index (χ2v) is 22.7. The summed E-state index contributed by atoms with van der Waals surface area (Å²) in [6.07, 6.45) is 6.45. The minimum Gasteiger partial charge on any atom is -0.457 e. The lowest BCUT2D eigenvalue weighted by Gasteiger charge is -2.46. The van der Waals surface area contributed by atoms with Gasteiger partial charge < -0.3 is 9.30 Å². The Labute approximate surface area is 414 Å². The van der Waals surface area contributed by atoms with Crippen molar-refractivity contribution in [2.45, 2.75) is 88.9 Å². The minimum absolute atomic E-state index is 0.0999. The summed E-state index contributed by atoms with van der Waals surface area (Å²) >= 11 is 0. The van der Waals surface area contributed by atoms with Crippen LogP contribution in [-0.2, 0) is 5.41 Å². The fraction of sp³-hybridized carbons (Fsp3) is 0.246. The van der Waals surface area contributed by atoms with E-state index in [0.29, 0.717) is 23.7 Å². The molecule has 2 saturated carbocycles. The van der Waals surface area contributed by atoms with Gasteiger partial charge in [-0.2, -0.15) is 0 Å². The number of aromatic nitrogens is 3. The van der Waals surface area contributed by atoms with Gasteiger partial charge in [0.25, 0.3) is 5.56 Å². The van der Waals surface area contributed by atoms with Crippen molar-refractivity contribution < 1.29 is 4.74 Å². The van der Waals surface area contributed by atoms with E-state index < -0.39 is 5.41 Å². The Bertz CT molecular complexity index is 3910. The molecule has 6 heteroatoms. The van der Waals surface area contributed by atoms with Crippen molar-refractivity contribution in [3.8, 4) is 34.0 Å². The van der Waals surface area contributed by atoms with Gasteiger partial charge >= 0.3 is 6.85 Å². The molecule has 0 saturated heterocycles. The summed E-state index contributed by atoms with van der Waals surface area (Å²) in [5.74, 6) is 5.02. The summed E-state index contributed by atoms with van der Waals surface area (Å²) in [7, 11) is 0. The second kappa shape index (κ2) is 14.2. The first kappa shape index (κ1) is 40.4. The van der Waals surface area contributed by atoms with E-state index in [9.17, 15) is 0 Å². The molecule has 7 aliphatic rings. The second-order valence-electron chi connectivity index (χ2n) is 22.7. The van der Waals surface area contributed by atoms with E-state index in [4.69, 9.17) is 4.74 Å². The lowest BCUT2D eigenvalue weighted by atomic mass is 9.40. The monoisotopic (exact) mass is 919 g/mol. The molecule has 2 fully saturated rings. The number of para-hydroxylation sites is 4. The number of hydrogen-bond donors (Lipinski definition) is 0. The van der Waals surface area contributed by atoms with Gasteiger partial charge in [-0.1, -0.05) is 137 Å². The maximum atomic E-state index is 16.1. The number of benzene rings is 8. The predicted molar refractivity (Wildman–Crippen MR) is 290 cm³/mol. The molecule has 5 heterocycles. The first-order chi connectivity index (χ1) is 34.8. The highest BCUT2D eigenvalue weighted by molar-refractivity contribution is 6.87. The molecule has 2 atom stereocenters. The third kappa shape index (κ3) is 5.15. The van der Waals surface area contributed by atoms with Crippen LogP contribution < -0.4 is 21.2 Å². The Morgan fingerprint density at radius 1 is 0.549 bits per heavy atom. The summed E-state index contributed by atoms with van der Waals surface area (Å²) in [6, 6.07) is 59.1. The minimum atomic E-state index is -0.800. The van der Waals surface area contributed by atoms with Crippen molar-refractivity contribution in [1.82, 2.24) is 13.8 Å². The van der Waals surface area contributed by atoms with Gasteiger partial charge in [-0.05, 0) is 172 Å². The smallest absolute Gasteiger partial charge is 0.354 e. The maximum Gasteiger partial charge on any atom is 0.354 e. The molecule has 71 heavy (non-hydrogen) atoms. The SMILES string of the molecule is CC(C)c1cccc(C(C)C)c1-c1ccc2c(c1)B1c3c(cc(-n4c5ccccc5c5ccccc54)cc3C23c2ccccc2Oc2ccccc23)-n2c3cc4c(cc3c(=O)n21)C1CC2CC(C1)CC4C2. The lowest BCUT2D eigenvalue weighted by Crippen LogP contribution is -2.60. The van der Waals surface area contributed by atoms with Gasteiger partial charge in [-0.25, -0.2) is 0 Å². The van der Waals surface area contributed by atoms with Gasteiger partial charge in [0.05, 0.1) is 33.0 Å². The summed E-state index contributed by atoms with van der Waals surface area (Å²) in [5, 5.41) is 3.30. The van der Waals surface area contributed by atoms with Gasteiger partial charge in [-0.15, -0.1) is 0 Å². The van der Waals surface area contributed by atoms with Gasteiger partial charge in [0.1, 0.15) is 11.5 Å². The van der Waals surface area contributed by atoms with E-state index >= 15 is 4.79 Å². The van der Waals surface area contributed by atoms with Crippen molar-refractivity contribution >= 4 is 50.5 Å². The molecule has 8 aromatic carbocycles. The lowest BCUT2D eigenvalue weighted by molar-refractivity contribution is 0.166. The topological polar surface area (TPSA) is 41.1 Å². The van der Waals surface area contributed by atoms with Crippen LogP contribution in [0, 0.1) is 11.8 Å². The molecule has 3 aliphatic heterocycles. The quantitative estimate of drug-likeness (QED) is 0.165. The van der Waals surface area contributed by atoms with E-state index in [2.05, 4.69) is 199 Å². The third-order valence-electron chi connectivity index (χ3n) is 18.4. The van der Waals surface area contributed by atoms with E-state index in [1.54, 1.807) is 0 Å². The van der Waals surface area contributed by atoms with Crippen LogP contribution in [0.1, 0.15) is 128 Å². The van der Waals surface area contributed by atoms with Crippen molar-refractivity contribution in [3.05, 3.63) is 213 Å². The van der Waals surface area contributed by atoms with Crippen LogP contribution >= 0.6 is 0 Å². The zero-order valence-electron chi connectivity index (χ0n) is 40.7. The number of hydrogen-bond acceptors (Lipinski definition) is 2. The Balaban J connectivity index is 1.09. The van der Waals surface area contributed by atoms with Crippen LogP contribution in [-0.4, -0.2) is 20.7 Å². The Morgan fingerprint density at radius 2 is 1.14 bits per heavy atom. The van der Waals surface area contributed by atoms with Gasteiger partial charge in [-0.3, -0.25) is 14.1 Å². The largest absolute Gasteiger partial charge is 0.457 e. The molecule has 10 aromatic rings. The molecule has 1 spiro atoms. The average Bonchev–Trinajstić information content (AvgIpc) is 3.98. The molecule has 4 bridgehead atoms. The molecule has 344 valence electrons. The van der Waals surface area contributed by atoms with Crippen LogP contribution in [0.25, 0.3) is 55.2 Å². The molecular formula is C65H54BN3O2. The zero-order valence-corrected chi connectivity index (χ0v) is 40.7. The van der Waals surface area contributed by atoms with Crippen LogP contribution in [0.15, 0.2) is 163 Å². The van der Waals surface area contributed by atoms with Crippen LogP contribution in [0.3, 0.4) is 0 Å². The highest BCUT2D eigenvalue weighted by Crippen LogP contribution is 2.59. The van der Waals surface area contributed by atoms with Crippen LogP contribution in [0.5, 0.6) is 11.5 Å². The molecule has 5 nitrogen and oxygen atoms in total. The van der Waals surface area contributed by atoms with Crippen molar-refractivity contribution in [2.75, 3.05) is 0 Å². The highest BCUT2D eigenvalue weighted by atomic mass is 16.5. The molecule has 2 unspecified atom stereocenters. The first-order valence-electron chi connectivity index (χ1n) is 26.4. The van der Waals surface area contributed by atoms with Gasteiger partial charge in [0.2, 0.25) is 0 Å². The number of fused-ring (bicyclic) bond motifs is 16. The van der Waals surface area contributed by atoms with Crippen molar-refractivity contribution in [1.29, 1.82) is 0 Å². The number of nitrogens with zero attached hydrogens (tertiary/aromatic N) is 3. The molecule has 2 aromatic heterocycles. The Morgan fingerprint density at radius 3 is 1.77 bits per heavy atom. The van der Waals surface area contributed by atoms with E-state index in [-0.39, 0.29) is 12.4 Å². The fourth-order valence-electron chi connectivity index (χ4n) is 15.9. The summed E-state index contributed by atoms with van der Waals surface area (Å²) in [5.41, 5.74) is 20.0. The van der Waals surface area contributed by atoms with E-state index in [1.165, 1.54) is 98.3 Å². The normalized spacial score (nSPS) is 20.3. The highest BCUT2D eigenvalue weighted by Gasteiger charge is 2.56. The van der Waals surface area contributed by atoms with E-state index in [0.717, 1.165) is 67.8 Å². The maximum absolute atomic E-state index is 16.1. The fourth-order valence-corrected chi connectivity index (χ4v) is 15.9. The van der Waals surface area contributed by atoms with Crippen molar-refractivity contribution in [2.24, 2.45) is 11.8 Å². The summed E-state index contributed by atoms with van der Waals surface area (Å²) < 4.78 is 14.0. The average molecular weight is 920 g/mol. The molecule has 17 rings (SSSR count). The van der Waals surface area contributed by atoms with Crippen molar-refractivity contribution in [3.63, 3.8) is 0 Å². The van der Waals surface area contributed by atoms with Gasteiger partial charge in [0.15, 0.2) is 0 Å². The third-order valence-corrected chi connectivity index (χ3v) is 18.4. The van der Waals surface area contributed by atoms with Crippen LogP contribution in [0.4, 0.5) is 0 Å². The molecule has 0 N–H and O–H groups in total.